The van der Waals surface area contributed by atoms with Crippen molar-refractivity contribution in [3.8, 4) is 0 Å². The molecule has 122 valence electrons. The van der Waals surface area contributed by atoms with Gasteiger partial charge in [-0.1, -0.05) is 0 Å². The van der Waals surface area contributed by atoms with Crippen LogP contribution in [0, 0.1) is 0 Å². The first-order chi connectivity index (χ1) is 9.57. The third-order valence-electron chi connectivity index (χ3n) is 2.61. The summed E-state index contributed by atoms with van der Waals surface area (Å²) in [6, 6.07) is 0.595. The number of rotatable bonds is 13. The fourth-order valence-corrected chi connectivity index (χ4v) is 4.50. The number of ether oxygens (including phenoxy) is 3. The van der Waals surface area contributed by atoms with Crippen LogP contribution < -0.4 is 0 Å². The third-order valence-corrected chi connectivity index (χ3v) is 6.03. The summed E-state index contributed by atoms with van der Waals surface area (Å²) in [5, 5.41) is 0. The van der Waals surface area contributed by atoms with Crippen molar-refractivity contribution < 1.29 is 27.5 Å². The van der Waals surface area contributed by atoms with Crippen LogP contribution in [0.5, 0.6) is 0 Å². The van der Waals surface area contributed by atoms with Gasteiger partial charge in [-0.05, 0) is 24.3 Å². The molecule has 0 rings (SSSR count). The van der Waals surface area contributed by atoms with Crippen molar-refractivity contribution in [1.82, 2.24) is 0 Å². The Morgan fingerprint density at radius 3 is 1.85 bits per heavy atom. The van der Waals surface area contributed by atoms with Crippen LogP contribution in [-0.2, 0) is 27.5 Å². The molecule has 0 aromatic carbocycles. The molecule has 0 radical (unpaired) electrons. The molecule has 0 aromatic heterocycles. The SMILES string of the molecule is COC(OC)(OC)O[Si](CCCS)(OC)OCCCS. The van der Waals surface area contributed by atoms with E-state index in [0.29, 0.717) is 18.4 Å². The maximum Gasteiger partial charge on any atom is 0.506 e. The van der Waals surface area contributed by atoms with Crippen LogP contribution in [0.4, 0.5) is 0 Å². The monoisotopic (exact) mass is 346 g/mol. The van der Waals surface area contributed by atoms with E-state index in [4.69, 9.17) is 27.5 Å². The Labute approximate surface area is 133 Å². The second-order valence-electron chi connectivity index (χ2n) is 3.85. The van der Waals surface area contributed by atoms with E-state index >= 15 is 0 Å². The van der Waals surface area contributed by atoms with Crippen LogP contribution >= 0.6 is 25.3 Å². The molecule has 0 spiro atoms. The van der Waals surface area contributed by atoms with Crippen molar-refractivity contribution in [3.05, 3.63) is 0 Å². The minimum absolute atomic E-state index is 0.489. The van der Waals surface area contributed by atoms with E-state index in [9.17, 15) is 0 Å². The Morgan fingerprint density at radius 2 is 1.45 bits per heavy atom. The molecule has 20 heavy (non-hydrogen) atoms. The average Bonchev–Trinajstić information content (AvgIpc) is 2.50. The van der Waals surface area contributed by atoms with Crippen molar-refractivity contribution in [2.45, 2.75) is 25.0 Å². The first kappa shape index (κ1) is 20.7. The molecule has 0 aliphatic carbocycles. The van der Waals surface area contributed by atoms with Crippen LogP contribution in [0.25, 0.3) is 0 Å². The standard InChI is InChI=1S/C11H26O6S2Si/c1-12-11(13-2,14-3)17-20(15-4,10-6-9-19)16-7-5-8-18/h18-19H,5-10H2,1-4H3. The molecule has 0 bridgehead atoms. The van der Waals surface area contributed by atoms with Crippen LogP contribution in [0.15, 0.2) is 0 Å². The summed E-state index contributed by atoms with van der Waals surface area (Å²) in [5.41, 5.74) is 0. The van der Waals surface area contributed by atoms with Gasteiger partial charge in [-0.15, -0.1) is 0 Å². The minimum atomic E-state index is -2.98. The fraction of sp³-hybridized carbons (Fsp3) is 1.00. The minimum Gasteiger partial charge on any atom is -0.377 e. The van der Waals surface area contributed by atoms with Gasteiger partial charge in [-0.3, -0.25) is 4.43 Å². The van der Waals surface area contributed by atoms with Gasteiger partial charge < -0.3 is 23.1 Å². The van der Waals surface area contributed by atoms with E-state index in [1.807, 2.05) is 0 Å². The Hall–Kier alpha value is 0.677. The maximum absolute atomic E-state index is 5.85. The van der Waals surface area contributed by atoms with E-state index in [1.54, 1.807) is 7.11 Å². The lowest BCUT2D eigenvalue weighted by atomic mass is 10.5. The second kappa shape index (κ2) is 11.3. The van der Waals surface area contributed by atoms with Crippen LogP contribution in [0.2, 0.25) is 6.04 Å². The lowest BCUT2D eigenvalue weighted by Crippen LogP contribution is -2.55. The average molecular weight is 347 g/mol. The highest BCUT2D eigenvalue weighted by molar-refractivity contribution is 7.80. The second-order valence-corrected chi connectivity index (χ2v) is 7.52. The zero-order chi connectivity index (χ0) is 15.5. The number of methoxy groups -OCH3 is 3. The highest BCUT2D eigenvalue weighted by Gasteiger charge is 2.49. The van der Waals surface area contributed by atoms with Gasteiger partial charge in [0.1, 0.15) is 0 Å². The molecule has 0 heterocycles. The lowest BCUT2D eigenvalue weighted by Gasteiger charge is -2.36. The summed E-state index contributed by atoms with van der Waals surface area (Å²) in [4.78, 5) is 0. The Kier molecular flexibility index (Phi) is 11.7. The zero-order valence-corrected chi connectivity index (χ0v) is 15.4. The van der Waals surface area contributed by atoms with E-state index in [-0.39, 0.29) is 0 Å². The predicted octanol–water partition coefficient (Wildman–Crippen LogP) is 1.80. The van der Waals surface area contributed by atoms with Crippen molar-refractivity contribution in [2.75, 3.05) is 46.6 Å². The van der Waals surface area contributed by atoms with Gasteiger partial charge in [-0.2, -0.15) is 25.3 Å². The van der Waals surface area contributed by atoms with Crippen molar-refractivity contribution in [3.63, 3.8) is 0 Å². The zero-order valence-electron chi connectivity index (χ0n) is 12.6. The van der Waals surface area contributed by atoms with Gasteiger partial charge in [0.2, 0.25) is 0 Å². The van der Waals surface area contributed by atoms with Gasteiger partial charge in [-0.25, -0.2) is 0 Å². The third kappa shape index (κ3) is 6.63. The van der Waals surface area contributed by atoms with Gasteiger partial charge >= 0.3 is 15.0 Å². The molecule has 6 nitrogen and oxygen atoms in total. The summed E-state index contributed by atoms with van der Waals surface area (Å²) < 4.78 is 32.7. The molecule has 0 fully saturated rings. The van der Waals surface area contributed by atoms with E-state index < -0.39 is 15.0 Å². The number of thiol groups is 2. The molecule has 1 unspecified atom stereocenters. The Morgan fingerprint density at radius 1 is 0.900 bits per heavy atom. The van der Waals surface area contributed by atoms with Crippen molar-refractivity contribution >= 4 is 34.1 Å². The van der Waals surface area contributed by atoms with Crippen molar-refractivity contribution in [1.29, 1.82) is 0 Å². The molecule has 0 aliphatic rings. The molecule has 9 heteroatoms. The van der Waals surface area contributed by atoms with Crippen LogP contribution in [0.3, 0.4) is 0 Å². The Balaban J connectivity index is 4.94. The topological polar surface area (TPSA) is 55.4 Å². The highest BCUT2D eigenvalue weighted by atomic mass is 32.1. The maximum atomic E-state index is 5.85. The summed E-state index contributed by atoms with van der Waals surface area (Å²) in [6.07, 6.45) is -0.0392. The fourth-order valence-electron chi connectivity index (χ4n) is 1.51. The Bertz CT molecular complexity index is 237. The quantitative estimate of drug-likeness (QED) is 0.230. The summed E-state index contributed by atoms with van der Waals surface area (Å²) in [5.74, 6) is 1.43. The van der Waals surface area contributed by atoms with Gasteiger partial charge in [0.05, 0.1) is 0 Å². The number of hydrogen-bond acceptors (Lipinski definition) is 8. The molecule has 0 saturated heterocycles. The molecular formula is C11H26O6S2Si. The highest BCUT2D eigenvalue weighted by Crippen LogP contribution is 2.26. The van der Waals surface area contributed by atoms with Gasteiger partial charge in [0.15, 0.2) is 0 Å². The first-order valence-electron chi connectivity index (χ1n) is 6.34. The number of hydrogen-bond donors (Lipinski definition) is 2. The molecule has 0 aromatic rings. The van der Waals surface area contributed by atoms with E-state index in [2.05, 4.69) is 25.3 Å². The predicted molar refractivity (Wildman–Crippen MR) is 85.3 cm³/mol. The molecule has 0 amide bonds. The van der Waals surface area contributed by atoms with Crippen molar-refractivity contribution in [2.24, 2.45) is 0 Å². The van der Waals surface area contributed by atoms with Crippen LogP contribution in [0.1, 0.15) is 12.8 Å². The smallest absolute Gasteiger partial charge is 0.377 e. The molecule has 1 atom stereocenters. The van der Waals surface area contributed by atoms with E-state index in [1.165, 1.54) is 21.3 Å². The first-order valence-corrected chi connectivity index (χ1v) is 9.53. The molecule has 0 aliphatic heterocycles. The summed E-state index contributed by atoms with van der Waals surface area (Å²) >= 11 is 8.37. The largest absolute Gasteiger partial charge is 0.506 e. The lowest BCUT2D eigenvalue weighted by molar-refractivity contribution is -0.460. The van der Waals surface area contributed by atoms with E-state index in [0.717, 1.165) is 18.6 Å². The van der Waals surface area contributed by atoms with Crippen LogP contribution in [-0.4, -0.2) is 61.5 Å². The summed E-state index contributed by atoms with van der Waals surface area (Å²) in [6.45, 7) is 0.489. The molecular weight excluding hydrogens is 320 g/mol. The normalized spacial score (nSPS) is 15.3. The molecule has 0 saturated carbocycles. The summed E-state index contributed by atoms with van der Waals surface area (Å²) in [7, 11) is 2.84. The van der Waals surface area contributed by atoms with Gasteiger partial charge in [0.25, 0.3) is 0 Å². The van der Waals surface area contributed by atoms with Gasteiger partial charge in [0, 0.05) is 41.1 Å². The molecule has 0 N–H and O–H groups in total.